The Labute approximate surface area is 175 Å². The van der Waals surface area contributed by atoms with Gasteiger partial charge in [0.15, 0.2) is 0 Å². The van der Waals surface area contributed by atoms with E-state index < -0.39 is 5.97 Å². The van der Waals surface area contributed by atoms with E-state index in [1.165, 1.54) is 83.1 Å². The van der Waals surface area contributed by atoms with Crippen molar-refractivity contribution < 1.29 is 9.90 Å². The Kier molecular flexibility index (Phi) is 6.88. The number of hydrogen-bond donors (Lipinski definition) is 2. The maximum absolute atomic E-state index is 10.6. The minimum atomic E-state index is -0.811. The molecule has 1 saturated carbocycles. The first-order chi connectivity index (χ1) is 14.1. The fourth-order valence-corrected chi connectivity index (χ4v) is 5.71. The van der Waals surface area contributed by atoms with Gasteiger partial charge in [-0.3, -0.25) is 9.69 Å². The zero-order chi connectivity index (χ0) is 20.1. The molecule has 1 aliphatic carbocycles. The largest absolute Gasteiger partial charge is 0.480 e. The lowest BCUT2D eigenvalue weighted by atomic mass is 9.77. The number of piperidine rings is 1. The molecule has 3 fully saturated rings. The summed E-state index contributed by atoms with van der Waals surface area (Å²) in [4.78, 5) is 16.0. The monoisotopic (exact) mass is 399 g/mol. The van der Waals surface area contributed by atoms with E-state index >= 15 is 0 Å². The molecule has 2 saturated heterocycles. The highest BCUT2D eigenvalue weighted by Gasteiger charge is 2.41. The van der Waals surface area contributed by atoms with E-state index in [4.69, 9.17) is 5.11 Å². The number of nitrogens with zero attached hydrogens (tertiary/aromatic N) is 2. The molecule has 0 aromatic heterocycles. The predicted octanol–water partition coefficient (Wildman–Crippen LogP) is 3.48. The summed E-state index contributed by atoms with van der Waals surface area (Å²) in [7, 11) is 0. The fourth-order valence-electron chi connectivity index (χ4n) is 5.71. The van der Waals surface area contributed by atoms with Crippen LogP contribution in [0.4, 0.5) is 0 Å². The zero-order valence-corrected chi connectivity index (χ0v) is 17.7. The first-order valence-corrected chi connectivity index (χ1v) is 11.6. The summed E-state index contributed by atoms with van der Waals surface area (Å²) in [6, 6.07) is 9.53. The minimum absolute atomic E-state index is 0.00971. The predicted molar refractivity (Wildman–Crippen MR) is 116 cm³/mol. The number of carbonyl (C=O) groups is 1. The van der Waals surface area contributed by atoms with Crippen LogP contribution < -0.4 is 5.32 Å². The van der Waals surface area contributed by atoms with Gasteiger partial charge in [-0.15, -0.1) is 0 Å². The van der Waals surface area contributed by atoms with E-state index in [9.17, 15) is 4.79 Å². The SMILES string of the molecule is O=C(O)CNCc1ccc(CN2CCC3(CCN(C4CCCCC4)CC3)C2)cc1. The Balaban J connectivity index is 1.22. The lowest BCUT2D eigenvalue weighted by Crippen LogP contribution is -2.46. The lowest BCUT2D eigenvalue weighted by Gasteiger charge is -2.43. The molecule has 1 spiro atoms. The third-order valence-electron chi connectivity index (χ3n) is 7.50. The van der Waals surface area contributed by atoms with Crippen LogP contribution in [-0.4, -0.2) is 59.6 Å². The van der Waals surface area contributed by atoms with Crippen molar-refractivity contribution in [3.63, 3.8) is 0 Å². The zero-order valence-electron chi connectivity index (χ0n) is 17.7. The van der Waals surface area contributed by atoms with Gasteiger partial charge in [0.05, 0.1) is 6.54 Å². The summed E-state index contributed by atoms with van der Waals surface area (Å²) in [6.45, 7) is 6.77. The maximum Gasteiger partial charge on any atom is 0.317 e. The Bertz CT molecular complexity index is 661. The third-order valence-corrected chi connectivity index (χ3v) is 7.50. The summed E-state index contributed by atoms with van der Waals surface area (Å²) in [5, 5.41) is 11.7. The molecule has 1 aromatic carbocycles. The van der Waals surface area contributed by atoms with Gasteiger partial charge in [0.25, 0.3) is 0 Å². The summed E-state index contributed by atoms with van der Waals surface area (Å²) >= 11 is 0. The van der Waals surface area contributed by atoms with Crippen LogP contribution in [0, 0.1) is 5.41 Å². The van der Waals surface area contributed by atoms with Gasteiger partial charge >= 0.3 is 5.97 Å². The van der Waals surface area contributed by atoms with Crippen molar-refractivity contribution in [1.82, 2.24) is 15.1 Å². The molecule has 2 N–H and O–H groups in total. The highest BCUT2D eigenvalue weighted by molar-refractivity contribution is 5.68. The van der Waals surface area contributed by atoms with Gasteiger partial charge in [0.1, 0.15) is 0 Å². The smallest absolute Gasteiger partial charge is 0.317 e. The van der Waals surface area contributed by atoms with E-state index in [0.717, 1.165) is 18.2 Å². The highest BCUT2D eigenvalue weighted by atomic mass is 16.4. The van der Waals surface area contributed by atoms with Gasteiger partial charge in [-0.1, -0.05) is 43.5 Å². The topological polar surface area (TPSA) is 55.8 Å². The van der Waals surface area contributed by atoms with E-state index in [2.05, 4.69) is 39.4 Å². The van der Waals surface area contributed by atoms with Gasteiger partial charge in [0, 0.05) is 25.7 Å². The van der Waals surface area contributed by atoms with E-state index in [1.54, 1.807) is 0 Å². The Morgan fingerprint density at radius 2 is 1.66 bits per heavy atom. The van der Waals surface area contributed by atoms with Crippen LogP contribution in [0.1, 0.15) is 62.5 Å². The second kappa shape index (κ2) is 9.59. The van der Waals surface area contributed by atoms with Crippen molar-refractivity contribution in [3.8, 4) is 0 Å². The van der Waals surface area contributed by atoms with Gasteiger partial charge in [0.2, 0.25) is 0 Å². The van der Waals surface area contributed by atoms with E-state index in [1.807, 2.05) is 0 Å². The minimum Gasteiger partial charge on any atom is -0.480 e. The number of aliphatic carboxylic acids is 1. The molecule has 0 bridgehead atoms. The normalized spacial score (nSPS) is 23.6. The molecule has 0 atom stereocenters. The molecule has 1 aromatic rings. The molecule has 2 heterocycles. The van der Waals surface area contributed by atoms with Gasteiger partial charge in [-0.25, -0.2) is 0 Å². The Morgan fingerprint density at radius 3 is 2.34 bits per heavy atom. The van der Waals surface area contributed by atoms with Crippen molar-refractivity contribution in [2.75, 3.05) is 32.7 Å². The molecule has 4 rings (SSSR count). The Morgan fingerprint density at radius 1 is 1.00 bits per heavy atom. The second-order valence-corrected chi connectivity index (χ2v) is 9.60. The van der Waals surface area contributed by atoms with Crippen molar-refractivity contribution in [3.05, 3.63) is 35.4 Å². The molecule has 0 unspecified atom stereocenters. The number of likely N-dealkylation sites (tertiary alicyclic amines) is 2. The van der Waals surface area contributed by atoms with Crippen molar-refractivity contribution in [1.29, 1.82) is 0 Å². The Hall–Kier alpha value is -1.43. The number of rotatable bonds is 7. The highest BCUT2D eigenvalue weighted by Crippen LogP contribution is 2.42. The molecular weight excluding hydrogens is 362 g/mol. The summed E-state index contributed by atoms with van der Waals surface area (Å²) < 4.78 is 0. The molecule has 3 aliphatic rings. The molecule has 5 nitrogen and oxygen atoms in total. The lowest BCUT2D eigenvalue weighted by molar-refractivity contribution is -0.135. The van der Waals surface area contributed by atoms with Gasteiger partial charge in [-0.05, 0) is 68.3 Å². The average molecular weight is 400 g/mol. The van der Waals surface area contributed by atoms with E-state index in [-0.39, 0.29) is 6.54 Å². The van der Waals surface area contributed by atoms with Crippen molar-refractivity contribution in [2.45, 2.75) is 70.5 Å². The number of nitrogens with one attached hydrogen (secondary N) is 1. The third kappa shape index (κ3) is 5.59. The summed E-state index contributed by atoms with van der Waals surface area (Å²) in [6.07, 6.45) is 11.3. The first-order valence-electron chi connectivity index (χ1n) is 11.6. The van der Waals surface area contributed by atoms with Gasteiger partial charge in [-0.2, -0.15) is 0 Å². The molecule has 160 valence electrons. The van der Waals surface area contributed by atoms with E-state index in [0.29, 0.717) is 12.0 Å². The molecule has 0 radical (unpaired) electrons. The summed E-state index contributed by atoms with van der Waals surface area (Å²) in [5.74, 6) is -0.811. The fraction of sp³-hybridized carbons (Fsp3) is 0.708. The number of hydrogen-bond acceptors (Lipinski definition) is 4. The molecule has 2 aliphatic heterocycles. The number of carboxylic acids is 1. The second-order valence-electron chi connectivity index (χ2n) is 9.60. The van der Waals surface area contributed by atoms with Crippen LogP contribution in [0.5, 0.6) is 0 Å². The first kappa shape index (κ1) is 20.8. The quantitative estimate of drug-likeness (QED) is 0.735. The molecule has 5 heteroatoms. The average Bonchev–Trinajstić information content (AvgIpc) is 3.12. The maximum atomic E-state index is 10.6. The van der Waals surface area contributed by atoms with Crippen LogP contribution in [0.3, 0.4) is 0 Å². The number of carboxylic acid groups (broad SMARTS) is 1. The molecular formula is C24H37N3O2. The van der Waals surface area contributed by atoms with Crippen LogP contribution in [0.25, 0.3) is 0 Å². The van der Waals surface area contributed by atoms with Crippen LogP contribution in [0.15, 0.2) is 24.3 Å². The van der Waals surface area contributed by atoms with Crippen LogP contribution in [-0.2, 0) is 17.9 Å². The molecule has 0 amide bonds. The van der Waals surface area contributed by atoms with Crippen LogP contribution >= 0.6 is 0 Å². The summed E-state index contributed by atoms with van der Waals surface area (Å²) in [5.41, 5.74) is 3.07. The molecule has 29 heavy (non-hydrogen) atoms. The van der Waals surface area contributed by atoms with Crippen LogP contribution in [0.2, 0.25) is 0 Å². The van der Waals surface area contributed by atoms with Crippen molar-refractivity contribution in [2.24, 2.45) is 5.41 Å². The number of benzene rings is 1. The standard InChI is InChI=1S/C24H37N3O2/c28-23(29)17-25-16-20-6-8-21(9-7-20)18-26-13-10-24(19-26)11-14-27(15-12-24)22-4-2-1-3-5-22/h6-9,22,25H,1-5,10-19H2,(H,28,29). The van der Waals surface area contributed by atoms with Gasteiger partial charge < -0.3 is 15.3 Å². The van der Waals surface area contributed by atoms with Crippen molar-refractivity contribution >= 4 is 5.97 Å².